The van der Waals surface area contributed by atoms with Gasteiger partial charge >= 0.3 is 17.2 Å². The van der Waals surface area contributed by atoms with Crippen LogP contribution in [0, 0.1) is 0 Å². The summed E-state index contributed by atoms with van der Waals surface area (Å²) in [6.45, 7) is -0.243. The molecule has 68 valence electrons. The summed E-state index contributed by atoms with van der Waals surface area (Å²) in [6.07, 6.45) is -5.77. The molecule has 0 spiro atoms. The molecule has 0 aliphatic rings. The highest BCUT2D eigenvalue weighted by Crippen LogP contribution is 2.47. The standard InChI is InChI=1S/C4H3ClF6/c1-2(6,7)3(5,8)4(9,10)11/h1H3. The number of hydrogen-bond donors (Lipinski definition) is 0. The molecule has 0 aromatic rings. The molecule has 0 rings (SSSR count). The molecule has 0 saturated carbocycles. The molecule has 0 aromatic carbocycles. The zero-order valence-electron chi connectivity index (χ0n) is 5.15. The van der Waals surface area contributed by atoms with Crippen LogP contribution in [-0.4, -0.2) is 17.2 Å². The van der Waals surface area contributed by atoms with E-state index in [1.54, 1.807) is 0 Å². The van der Waals surface area contributed by atoms with Gasteiger partial charge in [0.15, 0.2) is 0 Å². The van der Waals surface area contributed by atoms with E-state index >= 15 is 0 Å². The Bertz CT molecular complexity index is 126. The Balaban J connectivity index is 4.75. The van der Waals surface area contributed by atoms with Gasteiger partial charge in [0.25, 0.3) is 0 Å². The molecule has 1 atom stereocenters. The normalized spacial score (nSPS) is 19.6. The molecular weight excluding hydrogens is 197 g/mol. The predicted molar refractivity (Wildman–Crippen MR) is 26.4 cm³/mol. The van der Waals surface area contributed by atoms with Crippen molar-refractivity contribution in [2.75, 3.05) is 0 Å². The van der Waals surface area contributed by atoms with E-state index in [2.05, 4.69) is 11.6 Å². The SMILES string of the molecule is CC(F)(F)C(F)(Cl)C(F)(F)F. The predicted octanol–water partition coefficient (Wildman–Crippen LogP) is 3.11. The lowest BCUT2D eigenvalue weighted by atomic mass is 10.2. The molecule has 0 nitrogen and oxygen atoms in total. The molecule has 0 saturated heterocycles. The van der Waals surface area contributed by atoms with Gasteiger partial charge in [0.2, 0.25) is 0 Å². The average molecular weight is 201 g/mol. The summed E-state index contributed by atoms with van der Waals surface area (Å²) in [4.78, 5) is 0. The van der Waals surface area contributed by atoms with Gasteiger partial charge in [0.1, 0.15) is 0 Å². The molecule has 0 heterocycles. The van der Waals surface area contributed by atoms with E-state index in [9.17, 15) is 26.3 Å². The first-order chi connectivity index (χ1) is 4.50. The molecule has 0 fully saturated rings. The van der Waals surface area contributed by atoms with Gasteiger partial charge in [-0.25, -0.2) is 13.2 Å². The van der Waals surface area contributed by atoms with Gasteiger partial charge in [0.05, 0.1) is 0 Å². The van der Waals surface area contributed by atoms with Crippen LogP contribution in [0.4, 0.5) is 26.3 Å². The monoisotopic (exact) mass is 200 g/mol. The maximum Gasteiger partial charge on any atom is 0.443 e. The summed E-state index contributed by atoms with van der Waals surface area (Å²) in [5.74, 6) is -4.65. The van der Waals surface area contributed by atoms with Crippen molar-refractivity contribution in [1.29, 1.82) is 0 Å². The summed E-state index contributed by atoms with van der Waals surface area (Å²) in [5.41, 5.74) is 0. The Morgan fingerprint density at radius 1 is 0.909 bits per heavy atom. The Hall–Kier alpha value is -0.130. The summed E-state index contributed by atoms with van der Waals surface area (Å²) in [6, 6.07) is 0. The first-order valence-electron chi connectivity index (χ1n) is 2.32. The molecule has 0 radical (unpaired) electrons. The van der Waals surface area contributed by atoms with Crippen LogP contribution in [0.15, 0.2) is 0 Å². The molecule has 0 aliphatic carbocycles. The number of rotatable bonds is 1. The second-order valence-corrected chi connectivity index (χ2v) is 2.48. The Morgan fingerprint density at radius 2 is 1.18 bits per heavy atom. The lowest BCUT2D eigenvalue weighted by Crippen LogP contribution is -2.49. The zero-order valence-corrected chi connectivity index (χ0v) is 5.90. The molecule has 0 bridgehead atoms. The van der Waals surface area contributed by atoms with Crippen LogP contribution in [0.5, 0.6) is 0 Å². The average Bonchev–Trinajstić information content (AvgIpc) is 1.58. The molecule has 0 aromatic heterocycles. The molecule has 0 amide bonds. The molecule has 11 heavy (non-hydrogen) atoms. The van der Waals surface area contributed by atoms with Gasteiger partial charge in [0, 0.05) is 6.92 Å². The quantitative estimate of drug-likeness (QED) is 0.451. The van der Waals surface area contributed by atoms with E-state index in [4.69, 9.17) is 0 Å². The van der Waals surface area contributed by atoms with E-state index in [1.807, 2.05) is 0 Å². The highest BCUT2D eigenvalue weighted by molar-refractivity contribution is 6.24. The van der Waals surface area contributed by atoms with Crippen LogP contribution in [0.2, 0.25) is 0 Å². The van der Waals surface area contributed by atoms with Gasteiger partial charge in [-0.05, 0) is 0 Å². The van der Waals surface area contributed by atoms with Crippen molar-refractivity contribution in [3.63, 3.8) is 0 Å². The van der Waals surface area contributed by atoms with Gasteiger partial charge in [-0.1, -0.05) is 11.6 Å². The zero-order chi connectivity index (χ0) is 9.50. The van der Waals surface area contributed by atoms with Crippen LogP contribution < -0.4 is 0 Å². The van der Waals surface area contributed by atoms with Crippen molar-refractivity contribution >= 4 is 11.6 Å². The maximum absolute atomic E-state index is 12.0. The molecule has 1 unspecified atom stereocenters. The largest absolute Gasteiger partial charge is 0.443 e. The van der Waals surface area contributed by atoms with Crippen molar-refractivity contribution in [2.45, 2.75) is 24.2 Å². The van der Waals surface area contributed by atoms with E-state index < -0.39 is 17.2 Å². The summed E-state index contributed by atoms with van der Waals surface area (Å²) in [5, 5.41) is -4.99. The van der Waals surface area contributed by atoms with E-state index in [0.29, 0.717) is 0 Å². The first-order valence-corrected chi connectivity index (χ1v) is 2.70. The van der Waals surface area contributed by atoms with Crippen LogP contribution >= 0.6 is 11.6 Å². The smallest absolute Gasteiger partial charge is 0.209 e. The highest BCUT2D eigenvalue weighted by atomic mass is 35.5. The Kier molecular flexibility index (Phi) is 2.40. The third-order valence-electron chi connectivity index (χ3n) is 0.907. The van der Waals surface area contributed by atoms with Crippen molar-refractivity contribution in [1.82, 2.24) is 0 Å². The van der Waals surface area contributed by atoms with Gasteiger partial charge < -0.3 is 0 Å². The maximum atomic E-state index is 12.0. The van der Waals surface area contributed by atoms with Crippen molar-refractivity contribution in [2.24, 2.45) is 0 Å². The van der Waals surface area contributed by atoms with Crippen molar-refractivity contribution < 1.29 is 26.3 Å². The molecule has 0 aliphatic heterocycles. The third-order valence-corrected chi connectivity index (χ3v) is 1.45. The molecular formula is C4H3ClF6. The van der Waals surface area contributed by atoms with Gasteiger partial charge in [-0.2, -0.15) is 13.2 Å². The molecule has 7 heteroatoms. The lowest BCUT2D eigenvalue weighted by molar-refractivity contribution is -0.260. The van der Waals surface area contributed by atoms with Crippen LogP contribution in [0.25, 0.3) is 0 Å². The van der Waals surface area contributed by atoms with E-state index in [1.165, 1.54) is 0 Å². The van der Waals surface area contributed by atoms with Crippen molar-refractivity contribution in [3.8, 4) is 0 Å². The third kappa shape index (κ3) is 1.91. The second kappa shape index (κ2) is 2.43. The fourth-order valence-corrected chi connectivity index (χ4v) is 0.249. The number of halogens is 7. The van der Waals surface area contributed by atoms with Gasteiger partial charge in [-0.15, -0.1) is 0 Å². The Morgan fingerprint density at radius 3 is 1.18 bits per heavy atom. The molecule has 0 N–H and O–H groups in total. The fraction of sp³-hybridized carbons (Fsp3) is 1.00. The fourth-order valence-electron chi connectivity index (χ4n) is 0.249. The van der Waals surface area contributed by atoms with E-state index in [0.717, 1.165) is 0 Å². The summed E-state index contributed by atoms with van der Waals surface area (Å²) in [7, 11) is 0. The van der Waals surface area contributed by atoms with E-state index in [-0.39, 0.29) is 6.92 Å². The van der Waals surface area contributed by atoms with Crippen LogP contribution in [-0.2, 0) is 0 Å². The van der Waals surface area contributed by atoms with Crippen LogP contribution in [0.3, 0.4) is 0 Å². The van der Waals surface area contributed by atoms with Crippen LogP contribution in [0.1, 0.15) is 6.92 Å². The number of hydrogen-bond acceptors (Lipinski definition) is 0. The highest BCUT2D eigenvalue weighted by Gasteiger charge is 2.68. The minimum Gasteiger partial charge on any atom is -0.209 e. The second-order valence-electron chi connectivity index (χ2n) is 1.96. The minimum atomic E-state index is -5.77. The Labute approximate surface area is 63.1 Å². The lowest BCUT2D eigenvalue weighted by Gasteiger charge is -2.26. The summed E-state index contributed by atoms with van der Waals surface area (Å²) >= 11 is 3.95. The van der Waals surface area contributed by atoms with Crippen molar-refractivity contribution in [3.05, 3.63) is 0 Å². The summed E-state index contributed by atoms with van der Waals surface area (Å²) < 4.78 is 69.6. The topological polar surface area (TPSA) is 0 Å². The van der Waals surface area contributed by atoms with Gasteiger partial charge in [-0.3, -0.25) is 0 Å². The number of alkyl halides is 7. The first kappa shape index (κ1) is 10.9. The minimum absolute atomic E-state index is 0.243.